The van der Waals surface area contributed by atoms with Crippen molar-refractivity contribution in [2.45, 2.75) is 40.3 Å². The van der Waals surface area contributed by atoms with Gasteiger partial charge in [-0.3, -0.25) is 9.97 Å². The molecule has 24 heavy (non-hydrogen) atoms. The van der Waals surface area contributed by atoms with Crippen molar-refractivity contribution in [2.24, 2.45) is 5.41 Å². The van der Waals surface area contributed by atoms with Gasteiger partial charge in [0.2, 0.25) is 0 Å². The number of amides is 2. The summed E-state index contributed by atoms with van der Waals surface area (Å²) in [6, 6.07) is 8.07. The number of hydrogen-bond acceptors (Lipinski definition) is 3. The highest BCUT2D eigenvalue weighted by atomic mass is 16.2. The number of nitrogens with zero attached hydrogens (tertiary/aromatic N) is 3. The van der Waals surface area contributed by atoms with Gasteiger partial charge >= 0.3 is 6.03 Å². The number of carbonyl (C=O) groups excluding carboxylic acids is 1. The van der Waals surface area contributed by atoms with E-state index in [1.807, 2.05) is 6.07 Å². The van der Waals surface area contributed by atoms with Gasteiger partial charge in [0.25, 0.3) is 0 Å². The second-order valence-corrected chi connectivity index (χ2v) is 7.22. The van der Waals surface area contributed by atoms with E-state index in [-0.39, 0.29) is 17.5 Å². The Labute approximate surface area is 144 Å². The minimum Gasteiger partial charge on any atom is -0.331 e. The van der Waals surface area contributed by atoms with Crippen molar-refractivity contribution in [3.05, 3.63) is 59.7 Å². The first-order valence-electron chi connectivity index (χ1n) is 8.10. The maximum atomic E-state index is 12.6. The van der Waals surface area contributed by atoms with Crippen molar-refractivity contribution >= 4 is 6.03 Å². The summed E-state index contributed by atoms with van der Waals surface area (Å²) in [7, 11) is 1.76. The fourth-order valence-electron chi connectivity index (χ4n) is 2.61. The molecule has 0 radical (unpaired) electrons. The Morgan fingerprint density at radius 3 is 2.62 bits per heavy atom. The Morgan fingerprint density at radius 1 is 1.29 bits per heavy atom. The van der Waals surface area contributed by atoms with Crippen LogP contribution in [-0.2, 0) is 6.54 Å². The van der Waals surface area contributed by atoms with E-state index in [1.54, 1.807) is 30.5 Å². The van der Waals surface area contributed by atoms with E-state index in [9.17, 15) is 4.79 Å². The topological polar surface area (TPSA) is 58.1 Å². The van der Waals surface area contributed by atoms with E-state index < -0.39 is 0 Å². The minimum absolute atomic E-state index is 0.0748. The number of benzene rings is 1. The molecule has 5 nitrogen and oxygen atoms in total. The van der Waals surface area contributed by atoms with Gasteiger partial charge < -0.3 is 10.2 Å². The molecule has 1 N–H and O–H groups in total. The van der Waals surface area contributed by atoms with E-state index >= 15 is 0 Å². The predicted molar refractivity (Wildman–Crippen MR) is 95.4 cm³/mol. The van der Waals surface area contributed by atoms with Gasteiger partial charge in [-0.2, -0.15) is 0 Å². The van der Waals surface area contributed by atoms with Gasteiger partial charge in [0.05, 0.1) is 24.5 Å². The Kier molecular flexibility index (Phi) is 5.54. The molecule has 2 amide bonds. The molecule has 1 atom stereocenters. The molecular weight excluding hydrogens is 300 g/mol. The molecular formula is C19H26N4O. The first-order valence-corrected chi connectivity index (χ1v) is 8.10. The number of hydrogen-bond donors (Lipinski definition) is 1. The third-order valence-corrected chi connectivity index (χ3v) is 3.87. The van der Waals surface area contributed by atoms with Crippen molar-refractivity contribution in [3.8, 4) is 0 Å². The average Bonchev–Trinajstić information content (AvgIpc) is 2.52. The van der Waals surface area contributed by atoms with E-state index in [0.29, 0.717) is 6.54 Å². The highest BCUT2D eigenvalue weighted by molar-refractivity contribution is 5.74. The van der Waals surface area contributed by atoms with Gasteiger partial charge in [0, 0.05) is 19.4 Å². The first-order chi connectivity index (χ1) is 11.3. The van der Waals surface area contributed by atoms with Crippen LogP contribution in [-0.4, -0.2) is 27.9 Å². The van der Waals surface area contributed by atoms with Crippen LogP contribution in [0, 0.1) is 12.3 Å². The number of carbonyl (C=O) groups is 1. The number of nitrogens with one attached hydrogen (secondary N) is 1. The number of urea groups is 1. The molecule has 1 aromatic heterocycles. The molecule has 0 fully saturated rings. The highest BCUT2D eigenvalue weighted by Crippen LogP contribution is 2.33. The number of rotatable bonds is 4. The Hall–Kier alpha value is -2.43. The maximum Gasteiger partial charge on any atom is 0.317 e. The molecule has 0 unspecified atom stereocenters. The van der Waals surface area contributed by atoms with E-state index in [4.69, 9.17) is 0 Å². The number of aromatic nitrogens is 2. The lowest BCUT2D eigenvalue weighted by atomic mass is 9.82. The lowest BCUT2D eigenvalue weighted by molar-refractivity contribution is 0.187. The summed E-state index contributed by atoms with van der Waals surface area (Å²) in [6.45, 7) is 8.87. The van der Waals surface area contributed by atoms with Gasteiger partial charge in [-0.1, -0.05) is 50.6 Å². The normalized spacial score (nSPS) is 12.5. The van der Waals surface area contributed by atoms with Gasteiger partial charge in [-0.15, -0.1) is 0 Å². The Morgan fingerprint density at radius 2 is 2.04 bits per heavy atom. The number of aryl methyl sites for hydroxylation is 1. The smallest absolute Gasteiger partial charge is 0.317 e. The molecule has 0 aliphatic heterocycles. The van der Waals surface area contributed by atoms with Crippen molar-refractivity contribution in [3.63, 3.8) is 0 Å². The zero-order valence-corrected chi connectivity index (χ0v) is 15.1. The average molecular weight is 326 g/mol. The Balaban J connectivity index is 2.13. The SMILES string of the molecule is Cc1cccc([C@@H](NC(=O)N(C)Cc2cnccn2)C(C)(C)C)c1. The summed E-state index contributed by atoms with van der Waals surface area (Å²) in [6.07, 6.45) is 4.92. The summed E-state index contributed by atoms with van der Waals surface area (Å²) in [5.74, 6) is 0. The molecule has 2 rings (SSSR count). The summed E-state index contributed by atoms with van der Waals surface area (Å²) in [4.78, 5) is 22.5. The van der Waals surface area contributed by atoms with E-state index in [2.05, 4.69) is 61.2 Å². The first kappa shape index (κ1) is 17.9. The fraction of sp³-hybridized carbons (Fsp3) is 0.421. The lowest BCUT2D eigenvalue weighted by Crippen LogP contribution is -2.43. The molecule has 0 aliphatic carbocycles. The van der Waals surface area contributed by atoms with Crippen LogP contribution in [0.1, 0.15) is 43.6 Å². The maximum absolute atomic E-state index is 12.6. The lowest BCUT2D eigenvalue weighted by Gasteiger charge is -2.33. The second-order valence-electron chi connectivity index (χ2n) is 7.22. The van der Waals surface area contributed by atoms with Gasteiger partial charge in [0.15, 0.2) is 0 Å². The van der Waals surface area contributed by atoms with Crippen LogP contribution < -0.4 is 5.32 Å². The molecule has 0 bridgehead atoms. The molecule has 0 saturated heterocycles. The van der Waals surface area contributed by atoms with Crippen molar-refractivity contribution < 1.29 is 4.79 Å². The molecule has 0 spiro atoms. The van der Waals surface area contributed by atoms with Crippen molar-refractivity contribution in [2.75, 3.05) is 7.05 Å². The second kappa shape index (κ2) is 7.43. The molecule has 1 aromatic carbocycles. The van der Waals surface area contributed by atoms with E-state index in [1.165, 1.54) is 5.56 Å². The van der Waals surface area contributed by atoms with Crippen LogP contribution in [0.25, 0.3) is 0 Å². The van der Waals surface area contributed by atoms with Crippen LogP contribution in [0.2, 0.25) is 0 Å². The van der Waals surface area contributed by atoms with Crippen LogP contribution in [0.4, 0.5) is 4.79 Å². The monoisotopic (exact) mass is 326 g/mol. The standard InChI is InChI=1S/C19H26N4O/c1-14-7-6-8-15(11-14)17(19(2,3)4)22-18(24)23(5)13-16-12-20-9-10-21-16/h6-12,17H,13H2,1-5H3,(H,22,24)/t17-/m1/s1. The highest BCUT2D eigenvalue weighted by Gasteiger charge is 2.29. The largest absolute Gasteiger partial charge is 0.331 e. The zero-order chi connectivity index (χ0) is 17.7. The molecule has 1 heterocycles. The summed E-state index contributed by atoms with van der Waals surface area (Å²) < 4.78 is 0. The van der Waals surface area contributed by atoms with Crippen LogP contribution in [0.3, 0.4) is 0 Å². The van der Waals surface area contributed by atoms with Gasteiger partial charge in [-0.25, -0.2) is 4.79 Å². The van der Waals surface area contributed by atoms with E-state index in [0.717, 1.165) is 11.3 Å². The zero-order valence-electron chi connectivity index (χ0n) is 15.1. The van der Waals surface area contributed by atoms with Gasteiger partial charge in [-0.05, 0) is 17.9 Å². The third-order valence-electron chi connectivity index (χ3n) is 3.87. The molecule has 0 aliphatic rings. The van der Waals surface area contributed by atoms with Gasteiger partial charge in [0.1, 0.15) is 0 Å². The molecule has 128 valence electrons. The van der Waals surface area contributed by atoms with Crippen LogP contribution in [0.15, 0.2) is 42.9 Å². The minimum atomic E-state index is -0.123. The summed E-state index contributed by atoms with van der Waals surface area (Å²) in [5.41, 5.74) is 2.96. The summed E-state index contributed by atoms with van der Waals surface area (Å²) >= 11 is 0. The quantitative estimate of drug-likeness (QED) is 0.931. The fourth-order valence-corrected chi connectivity index (χ4v) is 2.61. The van der Waals surface area contributed by atoms with Crippen molar-refractivity contribution in [1.82, 2.24) is 20.2 Å². The Bertz CT molecular complexity index is 679. The summed E-state index contributed by atoms with van der Waals surface area (Å²) in [5, 5.41) is 3.16. The molecule has 5 heteroatoms. The van der Waals surface area contributed by atoms with Crippen LogP contribution >= 0.6 is 0 Å². The van der Waals surface area contributed by atoms with Crippen LogP contribution in [0.5, 0.6) is 0 Å². The predicted octanol–water partition coefficient (Wildman–Crippen LogP) is 3.71. The molecule has 0 saturated carbocycles. The van der Waals surface area contributed by atoms with Crippen molar-refractivity contribution in [1.29, 1.82) is 0 Å². The molecule has 2 aromatic rings. The third kappa shape index (κ3) is 4.78.